The zero-order chi connectivity index (χ0) is 12.2. The minimum absolute atomic E-state index is 0.0117. The average Bonchev–Trinajstić information content (AvgIpc) is 2.27. The molecule has 1 saturated heterocycles. The van der Waals surface area contributed by atoms with Crippen LogP contribution in [0.15, 0.2) is 0 Å². The molecule has 0 aliphatic carbocycles. The summed E-state index contributed by atoms with van der Waals surface area (Å²) < 4.78 is 5.46. The topological polar surface area (TPSA) is 38.5 Å². The molecule has 2 unspecified atom stereocenters. The number of methoxy groups -OCH3 is 1. The Hall–Kier alpha value is -0.120. The van der Waals surface area contributed by atoms with Gasteiger partial charge in [-0.15, -0.1) is 0 Å². The Morgan fingerprint density at radius 2 is 2.12 bits per heavy atom. The highest BCUT2D eigenvalue weighted by Crippen LogP contribution is 2.23. The van der Waals surface area contributed by atoms with Gasteiger partial charge >= 0.3 is 0 Å². The van der Waals surface area contributed by atoms with E-state index in [0.29, 0.717) is 6.04 Å². The molecule has 1 aliphatic rings. The summed E-state index contributed by atoms with van der Waals surface area (Å²) in [5.74, 6) is 0.834. The van der Waals surface area contributed by atoms with Crippen LogP contribution in [-0.4, -0.2) is 43.3 Å². The first-order chi connectivity index (χ1) is 7.48. The fourth-order valence-electron chi connectivity index (χ4n) is 2.35. The fourth-order valence-corrected chi connectivity index (χ4v) is 2.35. The first-order valence-corrected chi connectivity index (χ1v) is 6.48. The van der Waals surface area contributed by atoms with Crippen molar-refractivity contribution in [1.82, 2.24) is 4.90 Å². The first kappa shape index (κ1) is 13.9. The molecule has 3 nitrogen and oxygen atoms in total. The first-order valence-electron chi connectivity index (χ1n) is 6.48. The van der Waals surface area contributed by atoms with Gasteiger partial charge in [-0.1, -0.05) is 6.92 Å². The lowest BCUT2D eigenvalue weighted by Crippen LogP contribution is -2.47. The Morgan fingerprint density at radius 1 is 1.44 bits per heavy atom. The smallest absolute Gasteiger partial charge is 0.0634 e. The minimum Gasteiger partial charge on any atom is -0.379 e. The van der Waals surface area contributed by atoms with Crippen LogP contribution in [0.3, 0.4) is 0 Å². The van der Waals surface area contributed by atoms with E-state index in [2.05, 4.69) is 25.7 Å². The lowest BCUT2D eigenvalue weighted by atomic mass is 9.91. The minimum atomic E-state index is -0.0117. The van der Waals surface area contributed by atoms with Crippen LogP contribution in [-0.2, 0) is 4.74 Å². The predicted octanol–water partition coefficient (Wildman–Crippen LogP) is 1.86. The number of nitrogens with zero attached hydrogens (tertiary/aromatic N) is 1. The maximum Gasteiger partial charge on any atom is 0.0634 e. The molecule has 2 N–H and O–H groups in total. The Kier molecular flexibility index (Phi) is 5.22. The van der Waals surface area contributed by atoms with E-state index in [4.69, 9.17) is 10.5 Å². The van der Waals surface area contributed by atoms with Gasteiger partial charge in [0, 0.05) is 26.2 Å². The summed E-state index contributed by atoms with van der Waals surface area (Å²) in [7, 11) is 1.79. The van der Waals surface area contributed by atoms with Gasteiger partial charge in [0.1, 0.15) is 0 Å². The highest BCUT2D eigenvalue weighted by atomic mass is 16.5. The molecule has 1 fully saturated rings. The molecule has 3 heteroatoms. The third-order valence-electron chi connectivity index (χ3n) is 3.93. The SMILES string of the molecule is COC(C)(C)CCN1CCC(C)CC1CN. The summed E-state index contributed by atoms with van der Waals surface area (Å²) in [5, 5.41) is 0. The highest BCUT2D eigenvalue weighted by Gasteiger charge is 2.27. The van der Waals surface area contributed by atoms with E-state index in [9.17, 15) is 0 Å². The van der Waals surface area contributed by atoms with Crippen molar-refractivity contribution in [3.63, 3.8) is 0 Å². The van der Waals surface area contributed by atoms with Crippen LogP contribution < -0.4 is 5.73 Å². The molecular weight excluding hydrogens is 200 g/mol. The maximum atomic E-state index is 5.85. The van der Waals surface area contributed by atoms with Crippen molar-refractivity contribution in [1.29, 1.82) is 0 Å². The summed E-state index contributed by atoms with van der Waals surface area (Å²) in [6, 6.07) is 0.580. The van der Waals surface area contributed by atoms with Gasteiger partial charge < -0.3 is 10.5 Å². The van der Waals surface area contributed by atoms with E-state index in [1.807, 2.05) is 0 Å². The summed E-state index contributed by atoms with van der Waals surface area (Å²) in [6.07, 6.45) is 3.64. The van der Waals surface area contributed by atoms with Gasteiger partial charge in [0.05, 0.1) is 5.60 Å². The van der Waals surface area contributed by atoms with Gasteiger partial charge in [0.25, 0.3) is 0 Å². The van der Waals surface area contributed by atoms with E-state index in [1.54, 1.807) is 7.11 Å². The highest BCUT2D eigenvalue weighted by molar-refractivity contribution is 4.82. The zero-order valence-corrected chi connectivity index (χ0v) is 11.3. The van der Waals surface area contributed by atoms with Crippen molar-refractivity contribution in [3.8, 4) is 0 Å². The quantitative estimate of drug-likeness (QED) is 0.780. The van der Waals surface area contributed by atoms with Crippen molar-refractivity contribution < 1.29 is 4.74 Å². The Labute approximate surface area is 100 Å². The van der Waals surface area contributed by atoms with Gasteiger partial charge in [-0.05, 0) is 45.6 Å². The largest absolute Gasteiger partial charge is 0.379 e. The molecule has 0 aromatic rings. The van der Waals surface area contributed by atoms with Crippen LogP contribution in [0.1, 0.15) is 40.0 Å². The normalized spacial score (nSPS) is 28.3. The Morgan fingerprint density at radius 3 is 2.69 bits per heavy atom. The van der Waals surface area contributed by atoms with Gasteiger partial charge in [0.15, 0.2) is 0 Å². The monoisotopic (exact) mass is 228 g/mol. The molecule has 0 bridgehead atoms. The van der Waals surface area contributed by atoms with Gasteiger partial charge in [-0.3, -0.25) is 4.90 Å². The summed E-state index contributed by atoms with van der Waals surface area (Å²) in [4.78, 5) is 2.54. The van der Waals surface area contributed by atoms with E-state index >= 15 is 0 Å². The molecule has 0 saturated carbocycles. The summed E-state index contributed by atoms with van der Waals surface area (Å²) >= 11 is 0. The van der Waals surface area contributed by atoms with E-state index in [1.165, 1.54) is 19.4 Å². The number of rotatable bonds is 5. The predicted molar refractivity (Wildman–Crippen MR) is 68.5 cm³/mol. The summed E-state index contributed by atoms with van der Waals surface area (Å²) in [5.41, 5.74) is 5.84. The van der Waals surface area contributed by atoms with Crippen molar-refractivity contribution in [2.45, 2.75) is 51.7 Å². The maximum absolute atomic E-state index is 5.85. The molecule has 1 rings (SSSR count). The third-order valence-corrected chi connectivity index (χ3v) is 3.93. The molecule has 0 aromatic carbocycles. The van der Waals surface area contributed by atoms with Crippen LogP contribution in [0.25, 0.3) is 0 Å². The van der Waals surface area contributed by atoms with Crippen molar-refractivity contribution in [3.05, 3.63) is 0 Å². The fraction of sp³-hybridized carbons (Fsp3) is 1.00. The van der Waals surface area contributed by atoms with E-state index in [0.717, 1.165) is 25.4 Å². The van der Waals surface area contributed by atoms with Crippen molar-refractivity contribution >= 4 is 0 Å². The van der Waals surface area contributed by atoms with E-state index < -0.39 is 0 Å². The van der Waals surface area contributed by atoms with Gasteiger partial charge in [-0.25, -0.2) is 0 Å². The lowest BCUT2D eigenvalue weighted by Gasteiger charge is -2.39. The lowest BCUT2D eigenvalue weighted by molar-refractivity contribution is -0.000660. The van der Waals surface area contributed by atoms with Gasteiger partial charge in [-0.2, -0.15) is 0 Å². The van der Waals surface area contributed by atoms with Crippen LogP contribution in [0.5, 0.6) is 0 Å². The van der Waals surface area contributed by atoms with Gasteiger partial charge in [0.2, 0.25) is 0 Å². The third kappa shape index (κ3) is 4.04. The van der Waals surface area contributed by atoms with Crippen LogP contribution in [0.4, 0.5) is 0 Å². The molecular formula is C13H28N2O. The van der Waals surface area contributed by atoms with Crippen LogP contribution in [0.2, 0.25) is 0 Å². The molecule has 0 spiro atoms. The number of ether oxygens (including phenoxy) is 1. The van der Waals surface area contributed by atoms with Crippen molar-refractivity contribution in [2.75, 3.05) is 26.7 Å². The average molecular weight is 228 g/mol. The number of hydrogen-bond acceptors (Lipinski definition) is 3. The molecule has 0 amide bonds. The number of likely N-dealkylation sites (tertiary alicyclic amines) is 1. The van der Waals surface area contributed by atoms with E-state index in [-0.39, 0.29) is 5.60 Å². The molecule has 1 aliphatic heterocycles. The second kappa shape index (κ2) is 5.99. The summed E-state index contributed by atoms with van der Waals surface area (Å²) in [6.45, 7) is 9.73. The van der Waals surface area contributed by atoms with Crippen LogP contribution in [0, 0.1) is 5.92 Å². The second-order valence-corrected chi connectivity index (χ2v) is 5.77. The number of hydrogen-bond donors (Lipinski definition) is 1. The van der Waals surface area contributed by atoms with Crippen molar-refractivity contribution in [2.24, 2.45) is 11.7 Å². The van der Waals surface area contributed by atoms with Crippen LogP contribution >= 0.6 is 0 Å². The molecule has 2 atom stereocenters. The number of nitrogens with two attached hydrogens (primary N) is 1. The zero-order valence-electron chi connectivity index (χ0n) is 11.3. The molecule has 16 heavy (non-hydrogen) atoms. The Bertz CT molecular complexity index is 206. The molecule has 0 radical (unpaired) electrons. The molecule has 0 aromatic heterocycles. The second-order valence-electron chi connectivity index (χ2n) is 5.77. The molecule has 96 valence electrons. The number of piperidine rings is 1. The standard InChI is InChI=1S/C13H28N2O/c1-11-5-7-15(12(9-11)10-14)8-6-13(2,3)16-4/h11-12H,5-10,14H2,1-4H3. The molecule has 1 heterocycles. The Balaban J connectivity index is 2.40.